The maximum absolute atomic E-state index is 13.8. The zero-order valence-electron chi connectivity index (χ0n) is 14.4. The molecule has 0 radical (unpaired) electrons. The molecule has 136 valence electrons. The molecule has 26 heavy (non-hydrogen) atoms. The number of fused-ring (bicyclic) bond motifs is 1. The van der Waals surface area contributed by atoms with Gasteiger partial charge in [0.15, 0.2) is 11.5 Å². The summed E-state index contributed by atoms with van der Waals surface area (Å²) in [5.41, 5.74) is 1.13. The van der Waals surface area contributed by atoms with Crippen molar-refractivity contribution in [3.8, 4) is 11.5 Å². The average Bonchev–Trinajstić information content (AvgIpc) is 3.33. The molecule has 1 amide bonds. The number of hydrogen-bond donors (Lipinski definition) is 1. The smallest absolute Gasteiger partial charge is 0.254 e. The molecule has 4 rings (SSSR count). The number of ether oxygens (including phenoxy) is 2. The fraction of sp³-hybridized carbons (Fsp3) is 0.350. The number of nitrogens with one attached hydrogen (secondary N) is 1. The monoisotopic (exact) mass is 356 g/mol. The summed E-state index contributed by atoms with van der Waals surface area (Å²) in [4.78, 5) is 14.7. The minimum atomic E-state index is -0.509. The van der Waals surface area contributed by atoms with Gasteiger partial charge in [0, 0.05) is 6.54 Å². The summed E-state index contributed by atoms with van der Waals surface area (Å²) >= 11 is 0. The van der Waals surface area contributed by atoms with Crippen LogP contribution >= 0.6 is 0 Å². The lowest BCUT2D eigenvalue weighted by molar-refractivity contribution is 0.0934. The molecule has 2 aromatic rings. The Kier molecular flexibility index (Phi) is 4.75. The molecule has 1 saturated heterocycles. The van der Waals surface area contributed by atoms with Crippen LogP contribution in [0.1, 0.15) is 34.8 Å². The second-order valence-corrected chi connectivity index (χ2v) is 6.56. The molecule has 0 aromatic heterocycles. The normalized spacial score (nSPS) is 17.3. The van der Waals surface area contributed by atoms with Crippen molar-refractivity contribution >= 4 is 5.91 Å². The lowest BCUT2D eigenvalue weighted by atomic mass is 10.0. The van der Waals surface area contributed by atoms with E-state index in [1.54, 1.807) is 12.1 Å². The number of rotatable bonds is 5. The number of carbonyl (C=O) groups excluding carboxylic acids is 1. The van der Waals surface area contributed by atoms with Gasteiger partial charge >= 0.3 is 0 Å². The molecular formula is C20H21FN2O3. The van der Waals surface area contributed by atoms with Crippen LogP contribution < -0.4 is 14.8 Å². The Bertz CT molecular complexity index is 805. The van der Waals surface area contributed by atoms with Crippen molar-refractivity contribution in [2.24, 2.45) is 0 Å². The molecule has 2 aliphatic rings. The van der Waals surface area contributed by atoms with Crippen molar-refractivity contribution in [1.82, 2.24) is 10.2 Å². The van der Waals surface area contributed by atoms with Crippen molar-refractivity contribution in [3.05, 3.63) is 59.4 Å². The molecule has 0 bridgehead atoms. The van der Waals surface area contributed by atoms with E-state index in [4.69, 9.17) is 9.47 Å². The van der Waals surface area contributed by atoms with Crippen LogP contribution in [0.4, 0.5) is 4.39 Å². The fourth-order valence-electron chi connectivity index (χ4n) is 3.56. The summed E-state index contributed by atoms with van der Waals surface area (Å²) in [5.74, 6) is 0.565. The third kappa shape index (κ3) is 3.37. The van der Waals surface area contributed by atoms with Crippen LogP contribution in [0.2, 0.25) is 0 Å². The molecule has 0 unspecified atom stereocenters. The highest BCUT2D eigenvalue weighted by atomic mass is 19.1. The summed E-state index contributed by atoms with van der Waals surface area (Å²) in [5, 5.41) is 2.89. The fourth-order valence-corrected chi connectivity index (χ4v) is 3.56. The molecule has 1 atom stereocenters. The highest BCUT2D eigenvalue weighted by Crippen LogP contribution is 2.36. The summed E-state index contributed by atoms with van der Waals surface area (Å²) < 4.78 is 24.7. The quantitative estimate of drug-likeness (QED) is 0.894. The van der Waals surface area contributed by atoms with E-state index in [0.717, 1.165) is 43.0 Å². The third-order valence-corrected chi connectivity index (χ3v) is 4.94. The van der Waals surface area contributed by atoms with Crippen molar-refractivity contribution < 1.29 is 18.7 Å². The number of benzene rings is 2. The SMILES string of the molecule is O=C(NC[C@@H](c1ccc2c(c1)OCO2)N1CCCC1)c1ccccc1F. The third-order valence-electron chi connectivity index (χ3n) is 4.94. The lowest BCUT2D eigenvalue weighted by Gasteiger charge is -2.28. The van der Waals surface area contributed by atoms with Crippen LogP contribution in [0.15, 0.2) is 42.5 Å². The maximum Gasteiger partial charge on any atom is 0.254 e. The van der Waals surface area contributed by atoms with E-state index in [2.05, 4.69) is 10.2 Å². The van der Waals surface area contributed by atoms with Gasteiger partial charge in [-0.15, -0.1) is 0 Å². The molecule has 2 aromatic carbocycles. The molecule has 2 heterocycles. The second kappa shape index (κ2) is 7.33. The van der Waals surface area contributed by atoms with Gasteiger partial charge in [0.25, 0.3) is 5.91 Å². The van der Waals surface area contributed by atoms with Gasteiger partial charge in [-0.3, -0.25) is 9.69 Å². The summed E-state index contributed by atoms with van der Waals surface area (Å²) in [7, 11) is 0. The topological polar surface area (TPSA) is 50.8 Å². The first-order valence-electron chi connectivity index (χ1n) is 8.89. The predicted octanol–water partition coefficient (Wildman–Crippen LogP) is 3.12. The van der Waals surface area contributed by atoms with Crippen molar-refractivity contribution in [2.45, 2.75) is 18.9 Å². The summed E-state index contributed by atoms with van der Waals surface area (Å²) in [6, 6.07) is 11.9. The Morgan fingerprint density at radius 3 is 2.69 bits per heavy atom. The van der Waals surface area contributed by atoms with Gasteiger partial charge in [0.05, 0.1) is 11.6 Å². The number of halogens is 1. The minimum Gasteiger partial charge on any atom is -0.454 e. The predicted molar refractivity (Wildman–Crippen MR) is 94.8 cm³/mol. The first-order chi connectivity index (χ1) is 12.7. The van der Waals surface area contributed by atoms with Gasteiger partial charge in [-0.25, -0.2) is 4.39 Å². The Hall–Kier alpha value is -2.60. The van der Waals surface area contributed by atoms with E-state index in [9.17, 15) is 9.18 Å². The van der Waals surface area contributed by atoms with E-state index in [0.29, 0.717) is 6.54 Å². The van der Waals surface area contributed by atoms with Gasteiger partial charge < -0.3 is 14.8 Å². The highest BCUT2D eigenvalue weighted by Gasteiger charge is 2.26. The van der Waals surface area contributed by atoms with Crippen LogP contribution in [0.3, 0.4) is 0 Å². The Labute approximate surface area is 151 Å². The number of amides is 1. The molecule has 0 saturated carbocycles. The number of hydrogen-bond acceptors (Lipinski definition) is 4. The summed E-state index contributed by atoms with van der Waals surface area (Å²) in [6.07, 6.45) is 2.28. The number of nitrogens with zero attached hydrogens (tertiary/aromatic N) is 1. The molecule has 2 aliphatic heterocycles. The zero-order chi connectivity index (χ0) is 17.9. The number of likely N-dealkylation sites (tertiary alicyclic amines) is 1. The van der Waals surface area contributed by atoms with Crippen LogP contribution in [-0.2, 0) is 0 Å². The van der Waals surface area contributed by atoms with Crippen LogP contribution in [-0.4, -0.2) is 37.2 Å². The standard InChI is InChI=1S/C20H21FN2O3/c21-16-6-2-1-5-15(16)20(24)22-12-17(23-9-3-4-10-23)14-7-8-18-19(11-14)26-13-25-18/h1-2,5-8,11,17H,3-4,9-10,12-13H2,(H,22,24)/t17-/m0/s1. The minimum absolute atomic E-state index is 0.0164. The first kappa shape index (κ1) is 16.8. The van der Waals surface area contributed by atoms with Gasteiger partial charge in [0.1, 0.15) is 5.82 Å². The highest BCUT2D eigenvalue weighted by molar-refractivity contribution is 5.94. The molecule has 5 nitrogen and oxygen atoms in total. The lowest BCUT2D eigenvalue weighted by Crippen LogP contribution is -2.37. The second-order valence-electron chi connectivity index (χ2n) is 6.56. The van der Waals surface area contributed by atoms with Gasteiger partial charge in [0.2, 0.25) is 6.79 Å². The maximum atomic E-state index is 13.8. The number of carbonyl (C=O) groups is 1. The van der Waals surface area contributed by atoms with Gasteiger partial charge in [-0.05, 0) is 55.8 Å². The molecular weight excluding hydrogens is 335 g/mol. The average molecular weight is 356 g/mol. The van der Waals surface area contributed by atoms with Crippen molar-refractivity contribution in [1.29, 1.82) is 0 Å². The van der Waals surface area contributed by atoms with Gasteiger partial charge in [-0.2, -0.15) is 0 Å². The van der Waals surface area contributed by atoms with Crippen LogP contribution in [0.25, 0.3) is 0 Å². The van der Waals surface area contributed by atoms with Crippen LogP contribution in [0.5, 0.6) is 11.5 Å². The summed E-state index contributed by atoms with van der Waals surface area (Å²) in [6.45, 7) is 2.60. The van der Waals surface area contributed by atoms with E-state index in [1.807, 2.05) is 18.2 Å². The van der Waals surface area contributed by atoms with E-state index in [-0.39, 0.29) is 18.4 Å². The van der Waals surface area contributed by atoms with E-state index < -0.39 is 11.7 Å². The van der Waals surface area contributed by atoms with Crippen molar-refractivity contribution in [3.63, 3.8) is 0 Å². The molecule has 0 spiro atoms. The molecule has 1 fully saturated rings. The Morgan fingerprint density at radius 2 is 1.88 bits per heavy atom. The van der Waals surface area contributed by atoms with Gasteiger partial charge in [-0.1, -0.05) is 18.2 Å². The largest absolute Gasteiger partial charge is 0.454 e. The Morgan fingerprint density at radius 1 is 1.12 bits per heavy atom. The van der Waals surface area contributed by atoms with E-state index >= 15 is 0 Å². The van der Waals surface area contributed by atoms with E-state index in [1.165, 1.54) is 12.1 Å². The molecule has 0 aliphatic carbocycles. The zero-order valence-corrected chi connectivity index (χ0v) is 14.4. The molecule has 1 N–H and O–H groups in total. The Balaban J connectivity index is 1.52. The van der Waals surface area contributed by atoms with Crippen LogP contribution in [0, 0.1) is 5.82 Å². The van der Waals surface area contributed by atoms with Crippen molar-refractivity contribution in [2.75, 3.05) is 26.4 Å². The molecule has 6 heteroatoms. The first-order valence-corrected chi connectivity index (χ1v) is 8.89.